The predicted molar refractivity (Wildman–Crippen MR) is 262 cm³/mol. The third-order valence-electron chi connectivity index (χ3n) is 12.3. The lowest BCUT2D eigenvalue weighted by atomic mass is 9.81. The molecule has 11 aromatic rings. The number of aryl methyl sites for hydroxylation is 2. The van der Waals surface area contributed by atoms with Gasteiger partial charge in [-0.1, -0.05) is 182 Å². The molecule has 0 aliphatic carbocycles. The van der Waals surface area contributed by atoms with Gasteiger partial charge < -0.3 is 4.90 Å². The fraction of sp³-hybridized carbons (Fsp3) is 0.0333. The topological polar surface area (TPSA) is 3.24 Å². The first kappa shape index (κ1) is 36.3. The fourth-order valence-corrected chi connectivity index (χ4v) is 9.67. The Morgan fingerprint density at radius 2 is 0.803 bits per heavy atom. The van der Waals surface area contributed by atoms with Crippen LogP contribution < -0.4 is 4.90 Å². The second kappa shape index (κ2) is 15.1. The van der Waals surface area contributed by atoms with Gasteiger partial charge in [0.25, 0.3) is 0 Å². The number of fused-ring (bicyclic) bond motifs is 7. The van der Waals surface area contributed by atoms with E-state index >= 15 is 0 Å². The second-order valence-electron chi connectivity index (χ2n) is 16.2. The summed E-state index contributed by atoms with van der Waals surface area (Å²) in [6.45, 7) is 4.39. The van der Waals surface area contributed by atoms with Crippen molar-refractivity contribution >= 4 is 60.2 Å². The van der Waals surface area contributed by atoms with Crippen LogP contribution in [-0.2, 0) is 0 Å². The summed E-state index contributed by atoms with van der Waals surface area (Å²) in [6, 6.07) is 82.6. The molecule has 288 valence electrons. The monoisotopic (exact) mass is 777 g/mol. The van der Waals surface area contributed by atoms with Gasteiger partial charge in [0.1, 0.15) is 0 Å². The molecule has 0 N–H and O–H groups in total. The van der Waals surface area contributed by atoms with E-state index in [0.29, 0.717) is 0 Å². The number of benzene rings is 11. The van der Waals surface area contributed by atoms with Crippen LogP contribution >= 0.6 is 0 Å². The van der Waals surface area contributed by atoms with Crippen molar-refractivity contribution in [2.45, 2.75) is 13.8 Å². The van der Waals surface area contributed by atoms with Crippen LogP contribution in [0, 0.1) is 13.8 Å². The highest BCUT2D eigenvalue weighted by atomic mass is 15.1. The molecule has 0 bridgehead atoms. The van der Waals surface area contributed by atoms with Crippen molar-refractivity contribution in [3.05, 3.63) is 236 Å². The van der Waals surface area contributed by atoms with E-state index in [9.17, 15) is 0 Å². The van der Waals surface area contributed by atoms with Gasteiger partial charge in [0, 0.05) is 17.1 Å². The van der Waals surface area contributed by atoms with E-state index in [0.717, 1.165) is 17.1 Å². The number of hydrogen-bond donors (Lipinski definition) is 0. The highest BCUT2D eigenvalue weighted by Gasteiger charge is 2.23. The summed E-state index contributed by atoms with van der Waals surface area (Å²) in [5, 5.41) is 10.00. The first-order valence-electron chi connectivity index (χ1n) is 21.2. The lowest BCUT2D eigenvalue weighted by Gasteiger charge is -2.28. The average molecular weight is 778 g/mol. The average Bonchev–Trinajstić information content (AvgIpc) is 3.31. The van der Waals surface area contributed by atoms with Crippen molar-refractivity contribution in [2.24, 2.45) is 0 Å². The zero-order valence-corrected chi connectivity index (χ0v) is 34.3. The molecule has 0 heterocycles. The minimum atomic E-state index is 1.11. The summed E-state index contributed by atoms with van der Waals surface area (Å²) >= 11 is 0. The van der Waals surface area contributed by atoms with Crippen LogP contribution in [0.15, 0.2) is 224 Å². The lowest BCUT2D eigenvalue weighted by molar-refractivity contribution is 1.26. The summed E-state index contributed by atoms with van der Waals surface area (Å²) in [5.41, 5.74) is 15.6. The van der Waals surface area contributed by atoms with Crippen LogP contribution in [0.2, 0.25) is 0 Å². The Bertz CT molecular complexity index is 3380. The molecule has 0 atom stereocenters. The minimum absolute atomic E-state index is 1.11. The number of nitrogens with zero attached hydrogens (tertiary/aromatic N) is 1. The normalized spacial score (nSPS) is 11.4. The number of hydrogen-bond acceptors (Lipinski definition) is 1. The molecule has 0 aliphatic rings. The summed E-state index contributed by atoms with van der Waals surface area (Å²) in [4.78, 5) is 2.43. The Morgan fingerprint density at radius 3 is 1.49 bits per heavy atom. The van der Waals surface area contributed by atoms with Crippen LogP contribution in [0.4, 0.5) is 17.1 Å². The maximum atomic E-state index is 2.44. The zero-order chi connectivity index (χ0) is 40.9. The van der Waals surface area contributed by atoms with Gasteiger partial charge in [-0.15, -0.1) is 0 Å². The molecule has 1 nitrogen and oxygen atoms in total. The van der Waals surface area contributed by atoms with Gasteiger partial charge in [-0.05, 0) is 155 Å². The van der Waals surface area contributed by atoms with E-state index in [4.69, 9.17) is 0 Å². The molecule has 0 radical (unpaired) electrons. The summed E-state index contributed by atoms with van der Waals surface area (Å²) < 4.78 is 0. The maximum absolute atomic E-state index is 2.44. The number of anilines is 3. The summed E-state index contributed by atoms with van der Waals surface area (Å²) in [7, 11) is 0. The van der Waals surface area contributed by atoms with Gasteiger partial charge in [0.2, 0.25) is 0 Å². The second-order valence-corrected chi connectivity index (χ2v) is 16.2. The molecule has 0 aromatic heterocycles. The van der Waals surface area contributed by atoms with Crippen LogP contribution in [0.5, 0.6) is 0 Å². The molecular weight excluding hydrogens is 735 g/mol. The summed E-state index contributed by atoms with van der Waals surface area (Å²) in [6.07, 6.45) is 0. The van der Waals surface area contributed by atoms with Gasteiger partial charge in [-0.25, -0.2) is 0 Å². The largest absolute Gasteiger partial charge is 0.310 e. The Kier molecular flexibility index (Phi) is 9.02. The van der Waals surface area contributed by atoms with E-state index < -0.39 is 0 Å². The molecule has 0 amide bonds. The van der Waals surface area contributed by atoms with Gasteiger partial charge >= 0.3 is 0 Å². The smallest absolute Gasteiger partial charge is 0.0468 e. The molecule has 0 saturated heterocycles. The Hall–Kier alpha value is -7.74. The van der Waals surface area contributed by atoms with E-state index in [1.165, 1.54) is 98.7 Å². The van der Waals surface area contributed by atoms with E-state index in [1.807, 2.05) is 0 Å². The molecule has 0 saturated carbocycles. The summed E-state index contributed by atoms with van der Waals surface area (Å²) in [5.74, 6) is 0. The Morgan fingerprint density at radius 1 is 0.279 bits per heavy atom. The van der Waals surface area contributed by atoms with Gasteiger partial charge in [-0.2, -0.15) is 0 Å². The van der Waals surface area contributed by atoms with Crippen molar-refractivity contribution in [3.8, 4) is 44.5 Å². The van der Waals surface area contributed by atoms with Crippen LogP contribution in [0.25, 0.3) is 87.6 Å². The molecule has 0 aliphatic heterocycles. The minimum Gasteiger partial charge on any atom is -0.310 e. The SMILES string of the molecule is Cc1cc(C)cc(N(c2ccc(-c3cccc4ccccc34)cc2)c2ccc3c(c2)c2ccccc2c2c(-c4ccccc4)cc(-c4ccccc4)c(-c4ccccc4)c32)c1. The number of rotatable bonds is 7. The quantitative estimate of drug-likeness (QED) is 0.146. The first-order chi connectivity index (χ1) is 30.1. The van der Waals surface area contributed by atoms with Gasteiger partial charge in [0.05, 0.1) is 0 Å². The van der Waals surface area contributed by atoms with Crippen molar-refractivity contribution in [2.75, 3.05) is 4.90 Å². The van der Waals surface area contributed by atoms with Crippen LogP contribution in [0.3, 0.4) is 0 Å². The van der Waals surface area contributed by atoms with Crippen molar-refractivity contribution in [3.63, 3.8) is 0 Å². The molecule has 11 rings (SSSR count). The Labute approximate surface area is 357 Å². The highest BCUT2D eigenvalue weighted by Crippen LogP contribution is 2.50. The predicted octanol–water partition coefficient (Wildman–Crippen LogP) is 17.1. The Balaban J connectivity index is 1.21. The molecule has 0 fully saturated rings. The van der Waals surface area contributed by atoms with Crippen molar-refractivity contribution < 1.29 is 0 Å². The van der Waals surface area contributed by atoms with E-state index in [-0.39, 0.29) is 0 Å². The third-order valence-corrected chi connectivity index (χ3v) is 12.3. The lowest BCUT2D eigenvalue weighted by Crippen LogP contribution is -2.10. The molecule has 61 heavy (non-hydrogen) atoms. The first-order valence-corrected chi connectivity index (χ1v) is 21.2. The van der Waals surface area contributed by atoms with Gasteiger partial charge in [0.15, 0.2) is 0 Å². The molecule has 0 spiro atoms. The zero-order valence-electron chi connectivity index (χ0n) is 34.3. The maximum Gasteiger partial charge on any atom is 0.0468 e. The molecule has 1 heteroatoms. The molecular formula is C60H43N. The van der Waals surface area contributed by atoms with Crippen molar-refractivity contribution in [1.82, 2.24) is 0 Å². The van der Waals surface area contributed by atoms with E-state index in [1.54, 1.807) is 0 Å². The molecule has 11 aromatic carbocycles. The standard InChI is InChI=1S/C60H43N/c1-40-35-41(2)37-49(36-40)61(47-31-29-45(30-32-47)51-28-16-24-42-21-12-13-25-50(42)51)48-33-34-54-57(38-48)52-26-14-15-27-53(52)59-56(44-19-8-4-9-20-44)39-55(43-17-6-3-7-18-43)58(60(54)59)46-22-10-5-11-23-46/h3-39H,1-2H3. The fourth-order valence-electron chi connectivity index (χ4n) is 9.67. The van der Waals surface area contributed by atoms with Crippen LogP contribution in [0.1, 0.15) is 11.1 Å². The highest BCUT2D eigenvalue weighted by molar-refractivity contribution is 6.33. The third kappa shape index (κ3) is 6.43. The van der Waals surface area contributed by atoms with Gasteiger partial charge in [-0.3, -0.25) is 0 Å². The molecule has 0 unspecified atom stereocenters. The van der Waals surface area contributed by atoms with Crippen LogP contribution in [-0.4, -0.2) is 0 Å². The van der Waals surface area contributed by atoms with Crippen molar-refractivity contribution in [1.29, 1.82) is 0 Å². The van der Waals surface area contributed by atoms with E-state index in [2.05, 4.69) is 243 Å².